The van der Waals surface area contributed by atoms with E-state index in [1.165, 1.54) is 5.57 Å². The van der Waals surface area contributed by atoms with Gasteiger partial charge in [-0.2, -0.15) is 0 Å². The molecule has 6 rings (SSSR count). The number of hydrogen-bond donors (Lipinski definition) is 5. The Hall–Kier alpha value is -1.85. The number of aliphatic hydroxyl groups is 3. The van der Waals surface area contributed by atoms with Gasteiger partial charge in [0.15, 0.2) is 12.4 Å². The number of hydrogen-bond acceptors (Lipinski definition) is 8. The molecular weight excluding hydrogens is 592 g/mol. The first-order chi connectivity index (χ1) is 21.2. The van der Waals surface area contributed by atoms with Crippen LogP contribution in [0.25, 0.3) is 0 Å². The van der Waals surface area contributed by atoms with Crippen molar-refractivity contribution < 1.29 is 49.4 Å². The molecule has 0 aromatic rings. The maximum absolute atomic E-state index is 13.6. The normalized spacial score (nSPS) is 53.1. The molecule has 5 aliphatic carbocycles. The van der Waals surface area contributed by atoms with Crippen LogP contribution in [-0.2, 0) is 23.9 Å². The minimum Gasteiger partial charge on any atom is -0.481 e. The van der Waals surface area contributed by atoms with Gasteiger partial charge in [-0.25, -0.2) is 4.79 Å². The number of allylic oxidation sites excluding steroid dienone is 2. The molecular formula is C36H54O10. The van der Waals surface area contributed by atoms with Crippen LogP contribution in [0.3, 0.4) is 0 Å². The lowest BCUT2D eigenvalue weighted by molar-refractivity contribution is -0.324. The number of Topliss-reactive ketones (excluding diaryl/α,β-unsaturated/α-hetero) is 1. The van der Waals surface area contributed by atoms with Crippen LogP contribution in [0.4, 0.5) is 0 Å². The Kier molecular flexibility index (Phi) is 7.82. The number of aliphatic carboxylic acids is 2. The van der Waals surface area contributed by atoms with E-state index in [4.69, 9.17) is 9.47 Å². The van der Waals surface area contributed by atoms with Crippen LogP contribution < -0.4 is 0 Å². The summed E-state index contributed by atoms with van der Waals surface area (Å²) in [6.45, 7) is 15.4. The van der Waals surface area contributed by atoms with Gasteiger partial charge in [-0.15, -0.1) is 0 Å². The van der Waals surface area contributed by atoms with Crippen molar-refractivity contribution in [2.45, 2.75) is 143 Å². The fourth-order valence-electron chi connectivity index (χ4n) is 12.0. The molecule has 6 aliphatic rings. The van der Waals surface area contributed by atoms with Crippen molar-refractivity contribution >= 4 is 17.7 Å². The van der Waals surface area contributed by atoms with Crippen molar-refractivity contribution in [3.8, 4) is 0 Å². The molecule has 1 heterocycles. The fraction of sp³-hybridized carbons (Fsp3) is 0.861. The van der Waals surface area contributed by atoms with Gasteiger partial charge < -0.3 is 35.0 Å². The summed E-state index contributed by atoms with van der Waals surface area (Å²) < 4.78 is 11.9. The number of carboxylic acid groups (broad SMARTS) is 2. The molecule has 14 atom stereocenters. The number of ketones is 1. The summed E-state index contributed by atoms with van der Waals surface area (Å²) >= 11 is 0. The van der Waals surface area contributed by atoms with E-state index in [2.05, 4.69) is 47.6 Å². The quantitative estimate of drug-likeness (QED) is 0.219. The molecule has 0 bridgehead atoms. The van der Waals surface area contributed by atoms with Gasteiger partial charge in [0.1, 0.15) is 24.1 Å². The molecule has 1 saturated heterocycles. The highest BCUT2D eigenvalue weighted by Crippen LogP contribution is 2.75. The summed E-state index contributed by atoms with van der Waals surface area (Å²) in [4.78, 5) is 37.7. The highest BCUT2D eigenvalue weighted by atomic mass is 16.7. The molecule has 5 fully saturated rings. The second-order valence-electron chi connectivity index (χ2n) is 17.7. The number of aliphatic hydroxyl groups excluding tert-OH is 3. The van der Waals surface area contributed by atoms with Gasteiger partial charge in [-0.05, 0) is 97.7 Å². The van der Waals surface area contributed by atoms with Crippen LogP contribution in [0.2, 0.25) is 0 Å². The van der Waals surface area contributed by atoms with Crippen molar-refractivity contribution in [2.24, 2.45) is 50.2 Å². The smallest absolute Gasteiger partial charge is 0.335 e. The Morgan fingerprint density at radius 2 is 1.54 bits per heavy atom. The van der Waals surface area contributed by atoms with Crippen LogP contribution in [0, 0.1) is 50.2 Å². The first kappa shape index (κ1) is 34.0. The van der Waals surface area contributed by atoms with Crippen LogP contribution in [-0.4, -0.2) is 80.1 Å². The summed E-state index contributed by atoms with van der Waals surface area (Å²) in [5.74, 6) is -1.71. The maximum atomic E-state index is 13.6. The third-order valence-corrected chi connectivity index (χ3v) is 15.2. The van der Waals surface area contributed by atoms with E-state index in [-0.39, 0.29) is 51.8 Å². The number of fused-ring (bicyclic) bond motifs is 7. The van der Waals surface area contributed by atoms with Gasteiger partial charge >= 0.3 is 11.9 Å². The molecule has 0 aromatic carbocycles. The van der Waals surface area contributed by atoms with Crippen molar-refractivity contribution in [3.63, 3.8) is 0 Å². The average Bonchev–Trinajstić information content (AvgIpc) is 2.96. The Bertz CT molecular complexity index is 1340. The van der Waals surface area contributed by atoms with Gasteiger partial charge in [0.25, 0.3) is 0 Å². The van der Waals surface area contributed by atoms with Gasteiger partial charge in [0, 0.05) is 11.8 Å². The van der Waals surface area contributed by atoms with Crippen LogP contribution >= 0.6 is 0 Å². The third kappa shape index (κ3) is 4.41. The molecule has 0 unspecified atom stereocenters. The highest BCUT2D eigenvalue weighted by Gasteiger charge is 2.69. The minimum absolute atomic E-state index is 0.0501. The molecule has 0 radical (unpaired) electrons. The lowest BCUT2D eigenvalue weighted by Crippen LogP contribution is -2.66. The Labute approximate surface area is 271 Å². The topological polar surface area (TPSA) is 171 Å². The van der Waals surface area contributed by atoms with E-state index in [0.29, 0.717) is 18.8 Å². The molecule has 10 heteroatoms. The Balaban J connectivity index is 1.29. The molecule has 46 heavy (non-hydrogen) atoms. The van der Waals surface area contributed by atoms with E-state index in [9.17, 15) is 39.9 Å². The van der Waals surface area contributed by atoms with Crippen molar-refractivity contribution in [1.82, 2.24) is 0 Å². The van der Waals surface area contributed by atoms with Gasteiger partial charge in [0.2, 0.25) is 0 Å². The first-order valence-electron chi connectivity index (χ1n) is 17.2. The van der Waals surface area contributed by atoms with E-state index in [0.717, 1.165) is 38.5 Å². The van der Waals surface area contributed by atoms with Gasteiger partial charge in [-0.1, -0.05) is 53.2 Å². The summed E-state index contributed by atoms with van der Waals surface area (Å²) in [7, 11) is 0. The zero-order valence-electron chi connectivity index (χ0n) is 28.4. The molecule has 258 valence electrons. The molecule has 5 N–H and O–H groups in total. The molecule has 0 aromatic heterocycles. The number of carbonyl (C=O) groups is 3. The third-order valence-electron chi connectivity index (χ3n) is 15.2. The van der Waals surface area contributed by atoms with Gasteiger partial charge in [0.05, 0.1) is 11.5 Å². The first-order valence-corrected chi connectivity index (χ1v) is 17.2. The summed E-state index contributed by atoms with van der Waals surface area (Å²) in [5, 5.41) is 50.9. The number of ether oxygens (including phenoxy) is 2. The number of rotatable bonds is 4. The van der Waals surface area contributed by atoms with E-state index in [1.54, 1.807) is 6.92 Å². The highest BCUT2D eigenvalue weighted by molar-refractivity contribution is 5.92. The number of carbonyl (C=O) groups excluding carboxylic acids is 1. The summed E-state index contributed by atoms with van der Waals surface area (Å²) in [5.41, 5.74) is -0.917. The molecule has 1 aliphatic heterocycles. The van der Waals surface area contributed by atoms with E-state index >= 15 is 0 Å². The standard InChI is InChI=1S/C36H54O10/c1-31(2)20-10-13-36(7)21(34(20,5)12-11-23(31)45-29-26(40)24(38)25(39)27(46-29)28(41)42)9-8-18-19-16-32(3,30(43)44)17-22(37)33(19,4)14-15-35(18,36)6/h8,19-21,23-27,29,38-40H,9-17H2,1-7H3,(H,41,42)(H,43,44)/t19-,20-,21+,23-,24-,25-,26+,27-,29+,32-,33+,34-,35+,36+/m0/s1. The van der Waals surface area contributed by atoms with Gasteiger partial charge in [-0.3, -0.25) is 9.59 Å². The summed E-state index contributed by atoms with van der Waals surface area (Å²) in [6.07, 6.45) is 0.449. The molecule has 10 nitrogen and oxygen atoms in total. The molecule has 0 amide bonds. The second-order valence-corrected chi connectivity index (χ2v) is 17.7. The lowest BCUT2D eigenvalue weighted by Gasteiger charge is -2.71. The fourth-order valence-corrected chi connectivity index (χ4v) is 12.0. The zero-order valence-corrected chi connectivity index (χ0v) is 28.4. The second kappa shape index (κ2) is 10.6. The Morgan fingerprint density at radius 1 is 0.870 bits per heavy atom. The maximum Gasteiger partial charge on any atom is 0.335 e. The Morgan fingerprint density at radius 3 is 2.17 bits per heavy atom. The SMILES string of the molecule is CC1(C)[C@@H](O[C@@H]2O[C@H](C(=O)O)[C@@H](O)[C@H](O)[C@H]2O)CC[C@]2(C)[C@H]3CC=C4[C@@H]5C[C@](C)(C(=O)O)CC(=O)[C@]5(C)CC[C@@]4(C)[C@]3(C)CC[C@@H]12. The monoisotopic (exact) mass is 646 g/mol. The minimum atomic E-state index is -1.76. The molecule has 0 spiro atoms. The van der Waals surface area contributed by atoms with Crippen molar-refractivity contribution in [3.05, 3.63) is 11.6 Å². The predicted octanol–water partition coefficient (Wildman–Crippen LogP) is 4.33. The van der Waals surface area contributed by atoms with Crippen LogP contribution in [0.15, 0.2) is 11.6 Å². The predicted molar refractivity (Wildman–Crippen MR) is 166 cm³/mol. The average molecular weight is 647 g/mol. The molecule has 4 saturated carbocycles. The zero-order chi connectivity index (χ0) is 34.0. The van der Waals surface area contributed by atoms with Crippen molar-refractivity contribution in [1.29, 1.82) is 0 Å². The van der Waals surface area contributed by atoms with E-state index in [1.807, 2.05) is 0 Å². The van der Waals surface area contributed by atoms with Crippen LogP contribution in [0.1, 0.15) is 106 Å². The summed E-state index contributed by atoms with van der Waals surface area (Å²) in [6, 6.07) is 0. The van der Waals surface area contributed by atoms with Crippen LogP contribution in [0.5, 0.6) is 0 Å². The number of carboxylic acids is 2. The van der Waals surface area contributed by atoms with Crippen molar-refractivity contribution in [2.75, 3.05) is 0 Å². The largest absolute Gasteiger partial charge is 0.481 e. The lowest BCUT2D eigenvalue weighted by atomic mass is 9.33. The van der Waals surface area contributed by atoms with E-state index < -0.39 is 53.5 Å².